The first kappa shape index (κ1) is 12.2. The maximum Gasteiger partial charge on any atom is 0.355 e. The highest BCUT2D eigenvalue weighted by molar-refractivity contribution is 7.97. The van der Waals surface area contributed by atoms with Gasteiger partial charge >= 0.3 is 5.97 Å². The predicted octanol–water partition coefficient (Wildman–Crippen LogP) is 1.92. The van der Waals surface area contributed by atoms with Crippen molar-refractivity contribution >= 4 is 24.0 Å². The fourth-order valence-corrected chi connectivity index (χ4v) is 2.91. The molecule has 0 saturated carbocycles. The van der Waals surface area contributed by atoms with Gasteiger partial charge in [-0.1, -0.05) is 0 Å². The molecule has 0 aliphatic carbocycles. The van der Waals surface area contributed by atoms with Crippen LogP contribution in [0.2, 0.25) is 0 Å². The smallest absolute Gasteiger partial charge is 0.355 e. The number of nitrogens with zero attached hydrogens (tertiary/aromatic N) is 1. The molecule has 5 nitrogen and oxygen atoms in total. The molecule has 0 aromatic heterocycles. The van der Waals surface area contributed by atoms with Gasteiger partial charge in [-0.05, 0) is 35.7 Å². The molecule has 3 rings (SSSR count). The van der Waals surface area contributed by atoms with E-state index in [0.29, 0.717) is 18.9 Å². The number of likely N-dealkylation sites (N-methyl/N-ethyl adjacent to an activating group) is 1. The van der Waals surface area contributed by atoms with Crippen molar-refractivity contribution in [1.29, 1.82) is 0 Å². The molecule has 2 aliphatic heterocycles. The molecule has 0 atom stereocenters. The van der Waals surface area contributed by atoms with Crippen LogP contribution in [0.3, 0.4) is 0 Å². The topological polar surface area (TPSA) is 48.0 Å². The van der Waals surface area contributed by atoms with E-state index in [-0.39, 0.29) is 5.97 Å². The van der Waals surface area contributed by atoms with Crippen molar-refractivity contribution in [1.82, 2.24) is 4.31 Å². The Morgan fingerprint density at radius 2 is 2.00 bits per heavy atom. The maximum absolute atomic E-state index is 11.7. The Labute approximate surface area is 115 Å². The quantitative estimate of drug-likeness (QED) is 0.578. The van der Waals surface area contributed by atoms with Crippen LogP contribution >= 0.6 is 11.9 Å². The molecule has 2 heterocycles. The molecular weight excluding hydrogens is 266 g/mol. The second kappa shape index (κ2) is 4.70. The minimum absolute atomic E-state index is 0.351. The molecular formula is C13H13NO4S. The van der Waals surface area contributed by atoms with Crippen molar-refractivity contribution in [3.05, 3.63) is 23.4 Å². The van der Waals surface area contributed by atoms with Crippen LogP contribution in [0.5, 0.6) is 11.5 Å². The van der Waals surface area contributed by atoms with E-state index in [1.54, 1.807) is 10.4 Å². The van der Waals surface area contributed by atoms with Gasteiger partial charge in [-0.15, -0.1) is 0 Å². The van der Waals surface area contributed by atoms with Crippen molar-refractivity contribution in [2.45, 2.75) is 4.90 Å². The summed E-state index contributed by atoms with van der Waals surface area (Å²) >= 11 is 1.47. The van der Waals surface area contributed by atoms with Gasteiger partial charge < -0.3 is 18.5 Å². The number of rotatable bonds is 1. The molecule has 0 spiro atoms. The molecule has 1 aromatic carbocycles. The first-order valence-corrected chi connectivity index (χ1v) is 6.62. The molecule has 0 bridgehead atoms. The summed E-state index contributed by atoms with van der Waals surface area (Å²) in [7, 11) is 3.20. The van der Waals surface area contributed by atoms with Gasteiger partial charge in [0.25, 0.3) is 0 Å². The lowest BCUT2D eigenvalue weighted by atomic mass is 10.1. The van der Waals surface area contributed by atoms with Crippen molar-refractivity contribution in [3.63, 3.8) is 0 Å². The van der Waals surface area contributed by atoms with Gasteiger partial charge in [0.15, 0.2) is 11.5 Å². The van der Waals surface area contributed by atoms with Crippen LogP contribution in [0.4, 0.5) is 0 Å². The van der Waals surface area contributed by atoms with E-state index in [4.69, 9.17) is 14.2 Å². The van der Waals surface area contributed by atoms with Gasteiger partial charge in [-0.3, -0.25) is 0 Å². The summed E-state index contributed by atoms with van der Waals surface area (Å²) in [5.74, 6) is 1.12. The third-order valence-electron chi connectivity index (χ3n) is 2.94. The van der Waals surface area contributed by atoms with Crippen LogP contribution in [-0.4, -0.2) is 37.6 Å². The zero-order valence-electron chi connectivity index (χ0n) is 10.6. The first-order chi connectivity index (χ1) is 9.19. The number of benzene rings is 1. The van der Waals surface area contributed by atoms with Crippen molar-refractivity contribution in [3.8, 4) is 11.5 Å². The molecule has 6 heteroatoms. The zero-order chi connectivity index (χ0) is 13.4. The van der Waals surface area contributed by atoms with Crippen LogP contribution in [0.1, 0.15) is 5.56 Å². The number of carbonyl (C=O) groups is 1. The van der Waals surface area contributed by atoms with Crippen molar-refractivity contribution in [2.24, 2.45) is 0 Å². The fraction of sp³-hybridized carbons (Fsp3) is 0.308. The van der Waals surface area contributed by atoms with Gasteiger partial charge in [-0.25, -0.2) is 4.79 Å². The molecule has 2 aliphatic rings. The van der Waals surface area contributed by atoms with Gasteiger partial charge in [0.1, 0.15) is 18.9 Å². The molecule has 19 heavy (non-hydrogen) atoms. The standard InChI is InChI=1S/C13H13NO4S/c1-14-9(13(15)16-2)5-8-6-10-11(7-12(8)19-14)18-4-3-17-10/h5-7H,3-4H2,1-2H3. The number of ether oxygens (including phenoxy) is 3. The largest absolute Gasteiger partial charge is 0.486 e. The predicted molar refractivity (Wildman–Crippen MR) is 71.0 cm³/mol. The van der Waals surface area contributed by atoms with Crippen LogP contribution in [-0.2, 0) is 9.53 Å². The molecule has 1 aromatic rings. The van der Waals surface area contributed by atoms with Crippen LogP contribution < -0.4 is 9.47 Å². The molecule has 0 amide bonds. The lowest BCUT2D eigenvalue weighted by Gasteiger charge is -2.27. The monoisotopic (exact) mass is 279 g/mol. The maximum atomic E-state index is 11.7. The highest BCUT2D eigenvalue weighted by Gasteiger charge is 2.25. The van der Waals surface area contributed by atoms with Crippen LogP contribution in [0.25, 0.3) is 6.08 Å². The van der Waals surface area contributed by atoms with E-state index in [0.717, 1.165) is 22.0 Å². The molecule has 100 valence electrons. The summed E-state index contributed by atoms with van der Waals surface area (Å²) < 4.78 is 17.6. The number of fused-ring (bicyclic) bond motifs is 2. The summed E-state index contributed by atoms with van der Waals surface area (Å²) in [6.07, 6.45) is 1.80. The Hall–Kier alpha value is -1.82. The number of methoxy groups -OCH3 is 1. The Balaban J connectivity index is 2.05. The summed E-state index contributed by atoms with van der Waals surface area (Å²) in [5.41, 5.74) is 1.45. The lowest BCUT2D eigenvalue weighted by Crippen LogP contribution is -2.21. The lowest BCUT2D eigenvalue weighted by molar-refractivity contribution is -0.137. The molecule has 0 N–H and O–H groups in total. The Morgan fingerprint density at radius 3 is 2.68 bits per heavy atom. The van der Waals surface area contributed by atoms with E-state index >= 15 is 0 Å². The van der Waals surface area contributed by atoms with Gasteiger partial charge in [0.05, 0.1) is 7.11 Å². The summed E-state index contributed by atoms with van der Waals surface area (Å²) in [6.45, 7) is 1.11. The van der Waals surface area contributed by atoms with E-state index in [1.807, 2.05) is 19.2 Å². The Kier molecular flexibility index (Phi) is 3.02. The minimum Gasteiger partial charge on any atom is -0.486 e. The molecule has 0 unspecified atom stereocenters. The second-order valence-electron chi connectivity index (χ2n) is 4.14. The zero-order valence-corrected chi connectivity index (χ0v) is 11.5. The summed E-state index contributed by atoms with van der Waals surface area (Å²) in [6, 6.07) is 3.84. The van der Waals surface area contributed by atoms with E-state index in [9.17, 15) is 4.79 Å². The van der Waals surface area contributed by atoms with Crippen LogP contribution in [0.15, 0.2) is 22.7 Å². The third-order valence-corrected chi connectivity index (χ3v) is 3.96. The minimum atomic E-state index is -0.351. The van der Waals surface area contributed by atoms with Crippen molar-refractivity contribution < 1.29 is 19.0 Å². The number of hydrogen-bond acceptors (Lipinski definition) is 6. The fourth-order valence-electron chi connectivity index (χ4n) is 2.00. The number of carbonyl (C=O) groups excluding carboxylic acids is 1. The molecule has 0 radical (unpaired) electrons. The number of hydrogen-bond donors (Lipinski definition) is 0. The van der Waals surface area contributed by atoms with E-state index < -0.39 is 0 Å². The Bertz CT molecular complexity index is 570. The average Bonchev–Trinajstić information content (AvgIpc) is 2.43. The number of esters is 1. The average molecular weight is 279 g/mol. The summed E-state index contributed by atoms with van der Waals surface area (Å²) in [4.78, 5) is 12.7. The van der Waals surface area contributed by atoms with Gasteiger partial charge in [-0.2, -0.15) is 0 Å². The Morgan fingerprint density at radius 1 is 1.32 bits per heavy atom. The van der Waals surface area contributed by atoms with Gasteiger partial charge in [0, 0.05) is 11.9 Å². The van der Waals surface area contributed by atoms with Crippen molar-refractivity contribution in [2.75, 3.05) is 27.4 Å². The second-order valence-corrected chi connectivity index (χ2v) is 5.31. The summed E-state index contributed by atoms with van der Waals surface area (Å²) in [5, 5.41) is 0. The van der Waals surface area contributed by atoms with E-state index in [1.165, 1.54) is 19.1 Å². The van der Waals surface area contributed by atoms with Crippen LogP contribution in [0, 0.1) is 0 Å². The highest BCUT2D eigenvalue weighted by atomic mass is 32.2. The first-order valence-electron chi connectivity index (χ1n) is 5.84. The molecule has 0 saturated heterocycles. The molecule has 0 fully saturated rings. The highest BCUT2D eigenvalue weighted by Crippen LogP contribution is 2.42. The van der Waals surface area contributed by atoms with Gasteiger partial charge in [0.2, 0.25) is 0 Å². The third kappa shape index (κ3) is 2.12. The van der Waals surface area contributed by atoms with E-state index in [2.05, 4.69) is 0 Å². The SMILES string of the molecule is COC(=O)C1=Cc2cc3c(cc2SN1C)OCCO3. The normalized spacial score (nSPS) is 16.5.